The summed E-state index contributed by atoms with van der Waals surface area (Å²) in [5.41, 5.74) is 8.53. The third kappa shape index (κ3) is 2.51. The van der Waals surface area contributed by atoms with Gasteiger partial charge in [0.15, 0.2) is 0 Å². The molecule has 3 rings (SSSR count). The molecular formula is C15H13AlN5O. The Hall–Kier alpha value is -2.54. The highest BCUT2D eigenvalue weighted by atomic mass is 27.1. The van der Waals surface area contributed by atoms with E-state index in [0.29, 0.717) is 35.0 Å². The van der Waals surface area contributed by atoms with Crippen molar-refractivity contribution in [1.82, 2.24) is 13.5 Å². The Kier molecular flexibility index (Phi) is 3.97. The molecule has 0 aliphatic rings. The number of anilines is 1. The first-order valence-electron chi connectivity index (χ1n) is 6.77. The van der Waals surface area contributed by atoms with Crippen molar-refractivity contribution < 1.29 is 4.74 Å². The predicted molar refractivity (Wildman–Crippen MR) is 84.4 cm³/mol. The molecule has 22 heavy (non-hydrogen) atoms. The van der Waals surface area contributed by atoms with Gasteiger partial charge in [0, 0.05) is 0 Å². The molecule has 6 nitrogen and oxygen atoms in total. The number of ether oxygens (including phenoxy) is 1. The molecule has 0 spiro atoms. The first-order chi connectivity index (χ1) is 10.7. The third-order valence-corrected chi connectivity index (χ3v) is 4.35. The molecular weight excluding hydrogens is 293 g/mol. The van der Waals surface area contributed by atoms with Gasteiger partial charge in [-0.05, 0) is 5.56 Å². The van der Waals surface area contributed by atoms with Crippen LogP contribution in [0.3, 0.4) is 0 Å². The average Bonchev–Trinajstić information content (AvgIpc) is 2.83. The molecule has 0 saturated carbocycles. The smallest absolute Gasteiger partial charge is 0.379 e. The molecule has 0 unspecified atom stereocenters. The number of nitrogens with two attached hydrogens (primary N) is 1. The number of nitrogen functional groups attached to an aromatic ring is 1. The molecule has 3 aromatic rings. The molecule has 0 atom stereocenters. The van der Waals surface area contributed by atoms with E-state index in [1.54, 1.807) is 6.20 Å². The van der Waals surface area contributed by atoms with E-state index >= 15 is 0 Å². The van der Waals surface area contributed by atoms with Crippen molar-refractivity contribution in [3.05, 3.63) is 47.7 Å². The lowest BCUT2D eigenvalue weighted by Crippen LogP contribution is -2.07. The van der Waals surface area contributed by atoms with Crippen LogP contribution in [0.15, 0.2) is 36.5 Å². The fourth-order valence-corrected chi connectivity index (χ4v) is 3.08. The molecule has 2 aromatic heterocycles. The fraction of sp³-hybridized carbons (Fsp3) is 0.133. The molecule has 0 bridgehead atoms. The Morgan fingerprint density at radius 3 is 2.82 bits per heavy atom. The van der Waals surface area contributed by atoms with Crippen LogP contribution in [-0.4, -0.2) is 29.0 Å². The van der Waals surface area contributed by atoms with Gasteiger partial charge in [0.25, 0.3) is 0 Å². The van der Waals surface area contributed by atoms with E-state index in [2.05, 4.69) is 16.0 Å². The maximum absolute atomic E-state index is 9.28. The summed E-state index contributed by atoms with van der Waals surface area (Å²) in [4.78, 5) is 8.75. The summed E-state index contributed by atoms with van der Waals surface area (Å²) in [6.45, 7) is 0.401. The van der Waals surface area contributed by atoms with Crippen LogP contribution in [0.1, 0.15) is 11.1 Å². The maximum atomic E-state index is 9.28. The van der Waals surface area contributed by atoms with E-state index < -0.39 is 0 Å². The Labute approximate surface area is 134 Å². The van der Waals surface area contributed by atoms with Crippen molar-refractivity contribution >= 4 is 32.4 Å². The van der Waals surface area contributed by atoms with E-state index in [9.17, 15) is 5.26 Å². The quantitative estimate of drug-likeness (QED) is 0.744. The molecule has 1 radical (unpaired) electrons. The van der Waals surface area contributed by atoms with Crippen LogP contribution in [0.4, 0.5) is 5.82 Å². The van der Waals surface area contributed by atoms with Gasteiger partial charge in [-0.15, -0.1) is 0 Å². The van der Waals surface area contributed by atoms with Crippen LogP contribution in [0, 0.1) is 11.3 Å². The van der Waals surface area contributed by atoms with Crippen molar-refractivity contribution in [3.8, 4) is 11.9 Å². The van der Waals surface area contributed by atoms with Gasteiger partial charge >= 0.3 is 15.4 Å². The molecule has 2 heterocycles. The molecule has 1 aromatic carbocycles. The first-order valence-corrected chi connectivity index (χ1v) is 8.44. The topological polar surface area (TPSA) is 89.8 Å². The lowest BCUT2D eigenvalue weighted by Gasteiger charge is -2.05. The minimum atomic E-state index is -0.119. The van der Waals surface area contributed by atoms with Crippen molar-refractivity contribution in [2.75, 3.05) is 5.73 Å². The summed E-state index contributed by atoms with van der Waals surface area (Å²) in [6.07, 6.45) is 1.57. The van der Waals surface area contributed by atoms with Gasteiger partial charge in [0.05, 0.1) is 6.20 Å². The Balaban J connectivity index is 1.94. The molecule has 0 aliphatic heterocycles. The number of fused-ring (bicyclic) bond motifs is 1. The van der Waals surface area contributed by atoms with E-state index in [1.165, 1.54) is 0 Å². The third-order valence-electron chi connectivity index (χ3n) is 3.31. The summed E-state index contributed by atoms with van der Waals surface area (Å²) >= 11 is -0.119. The van der Waals surface area contributed by atoms with E-state index in [0.717, 1.165) is 5.56 Å². The van der Waals surface area contributed by atoms with E-state index in [1.807, 2.05) is 39.7 Å². The monoisotopic (exact) mass is 306 g/mol. The summed E-state index contributed by atoms with van der Waals surface area (Å²) in [6, 6.07) is 11.9. The molecule has 7 heteroatoms. The van der Waals surface area contributed by atoms with Crippen LogP contribution in [-0.2, 0) is 6.61 Å². The highest BCUT2D eigenvalue weighted by Gasteiger charge is 2.17. The van der Waals surface area contributed by atoms with Crippen molar-refractivity contribution in [1.29, 1.82) is 5.26 Å². The highest BCUT2D eigenvalue weighted by Crippen LogP contribution is 2.25. The zero-order chi connectivity index (χ0) is 15.5. The molecule has 0 fully saturated rings. The van der Waals surface area contributed by atoms with Gasteiger partial charge in [-0.1, -0.05) is 36.1 Å². The minimum Gasteiger partial charge on any atom is -0.472 e. The van der Waals surface area contributed by atoms with Crippen LogP contribution < -0.4 is 10.5 Å². The van der Waals surface area contributed by atoms with Crippen molar-refractivity contribution in [3.63, 3.8) is 0 Å². The van der Waals surface area contributed by atoms with Gasteiger partial charge in [-0.25, -0.2) is 9.97 Å². The number of nitrogens with zero attached hydrogens (tertiary/aromatic N) is 4. The van der Waals surface area contributed by atoms with Crippen molar-refractivity contribution in [2.45, 2.75) is 12.4 Å². The largest absolute Gasteiger partial charge is 0.472 e. The van der Waals surface area contributed by atoms with Crippen LogP contribution >= 0.6 is 0 Å². The fourth-order valence-electron chi connectivity index (χ4n) is 2.24. The number of benzene rings is 1. The number of hydrogen-bond acceptors (Lipinski definition) is 5. The van der Waals surface area contributed by atoms with E-state index in [-0.39, 0.29) is 15.4 Å². The lowest BCUT2D eigenvalue weighted by atomic mass is 10.2. The van der Waals surface area contributed by atoms with Crippen LogP contribution in [0.2, 0.25) is 5.79 Å². The zero-order valence-corrected chi connectivity index (χ0v) is 13.2. The number of hydrogen-bond donors (Lipinski definition) is 1. The van der Waals surface area contributed by atoms with Gasteiger partial charge in [0.1, 0.15) is 35.2 Å². The summed E-state index contributed by atoms with van der Waals surface area (Å²) in [7, 11) is 0. The zero-order valence-electron chi connectivity index (χ0n) is 12.0. The van der Waals surface area contributed by atoms with Gasteiger partial charge in [-0.2, -0.15) is 5.26 Å². The van der Waals surface area contributed by atoms with E-state index in [4.69, 9.17) is 10.5 Å². The number of rotatable bonds is 4. The molecule has 0 saturated heterocycles. The molecule has 0 aliphatic carbocycles. The summed E-state index contributed by atoms with van der Waals surface area (Å²) in [5, 5.41) is 9.28. The standard InChI is InChI=1S/C14H10N5O.CH3.Al/c15-6-10-12-14(19-13(10)16)17-7-11(18-12)20-8-9-4-2-1-3-5-9;;/h1-5,7H,8,16H2;1H3;/q-1;;+1. The van der Waals surface area contributed by atoms with Gasteiger partial charge < -0.3 is 14.0 Å². The second kappa shape index (κ2) is 6.07. The molecule has 107 valence electrons. The second-order valence-electron chi connectivity index (χ2n) is 4.65. The number of aromatic nitrogens is 3. The highest BCUT2D eigenvalue weighted by molar-refractivity contribution is 6.35. The lowest BCUT2D eigenvalue weighted by molar-refractivity contribution is 0.294. The molecule has 0 amide bonds. The van der Waals surface area contributed by atoms with Crippen LogP contribution in [0.5, 0.6) is 5.88 Å². The van der Waals surface area contributed by atoms with Gasteiger partial charge in [0.2, 0.25) is 5.88 Å². The minimum absolute atomic E-state index is 0.119. The molecule has 2 N–H and O–H groups in total. The van der Waals surface area contributed by atoms with Crippen LogP contribution in [0.25, 0.3) is 11.2 Å². The Morgan fingerprint density at radius 2 is 2.14 bits per heavy atom. The van der Waals surface area contributed by atoms with Gasteiger partial charge in [-0.3, -0.25) is 0 Å². The maximum Gasteiger partial charge on any atom is 0.379 e. The first kappa shape index (κ1) is 14.4. The summed E-state index contributed by atoms with van der Waals surface area (Å²) < 4.78 is 7.51. The SMILES string of the molecule is [CH3][Al][n]1c(N)c(C#N)c2nc(OCc3ccccc3)cnc21. The number of nitriles is 1. The Bertz CT molecular complexity index is 854. The normalized spacial score (nSPS) is 10.4. The average molecular weight is 306 g/mol. The second-order valence-corrected chi connectivity index (χ2v) is 5.69. The summed E-state index contributed by atoms with van der Waals surface area (Å²) in [5.74, 6) is 2.84. The Morgan fingerprint density at radius 1 is 1.36 bits per heavy atom. The predicted octanol–water partition coefficient (Wildman–Crippen LogP) is 1.98. The van der Waals surface area contributed by atoms with Crippen molar-refractivity contribution in [2.24, 2.45) is 0 Å².